The van der Waals surface area contributed by atoms with Gasteiger partial charge in [-0.15, -0.1) is 11.3 Å². The number of rotatable bonds is 6. The van der Waals surface area contributed by atoms with Gasteiger partial charge in [-0.05, 0) is 19.8 Å². The molecule has 2 atom stereocenters. The van der Waals surface area contributed by atoms with E-state index in [-0.39, 0.29) is 33.6 Å². The van der Waals surface area contributed by atoms with Crippen LogP contribution in [0, 0.1) is 5.92 Å². The molecule has 1 aliphatic rings. The van der Waals surface area contributed by atoms with Gasteiger partial charge in [0.1, 0.15) is 5.54 Å². The van der Waals surface area contributed by atoms with Crippen LogP contribution < -0.4 is 0 Å². The molecular weight excluding hydrogens is 380 g/mol. The van der Waals surface area contributed by atoms with Gasteiger partial charge in [0.25, 0.3) is 0 Å². The standard InChI is InChI=1S/C12H18N2O5S2.2H2S/c1-4-5-10-13-9(7-20-10)12(2)8(6-19-3)11(15)14(12)21(16,17)18;;/h7-8H,4-6H2,1-3H3,(H,16,17,18);2*1H2/t8-,12+;;/m1../s1. The third kappa shape index (κ3) is 3.85. The third-order valence-electron chi connectivity index (χ3n) is 3.70. The predicted octanol–water partition coefficient (Wildman–Crippen LogP) is 1.44. The minimum atomic E-state index is -4.63. The van der Waals surface area contributed by atoms with Gasteiger partial charge in [0, 0.05) is 12.5 Å². The number of hydrogen-bond acceptors (Lipinski definition) is 6. The lowest BCUT2D eigenvalue weighted by Crippen LogP contribution is -2.69. The van der Waals surface area contributed by atoms with Crippen molar-refractivity contribution in [1.29, 1.82) is 0 Å². The van der Waals surface area contributed by atoms with E-state index in [2.05, 4.69) is 4.98 Å². The Morgan fingerprint density at radius 2 is 2.09 bits per heavy atom. The molecule has 2 rings (SSSR count). The van der Waals surface area contributed by atoms with E-state index in [0.29, 0.717) is 10.00 Å². The summed E-state index contributed by atoms with van der Waals surface area (Å²) in [5.74, 6) is -1.35. The highest BCUT2D eigenvalue weighted by molar-refractivity contribution is 7.84. The van der Waals surface area contributed by atoms with E-state index in [9.17, 15) is 17.8 Å². The molecule has 0 bridgehead atoms. The molecule has 2 heterocycles. The van der Waals surface area contributed by atoms with Gasteiger partial charge in [0.05, 0.1) is 23.2 Å². The van der Waals surface area contributed by atoms with Crippen molar-refractivity contribution >= 4 is 54.5 Å². The molecule has 1 saturated heterocycles. The molecule has 11 heteroatoms. The zero-order chi connectivity index (χ0) is 15.8. The van der Waals surface area contributed by atoms with Crippen molar-refractivity contribution in [1.82, 2.24) is 9.29 Å². The highest BCUT2D eigenvalue weighted by Crippen LogP contribution is 2.47. The molecule has 7 nitrogen and oxygen atoms in total. The van der Waals surface area contributed by atoms with Crippen LogP contribution >= 0.6 is 38.3 Å². The molecule has 0 radical (unpaired) electrons. The Morgan fingerprint density at radius 3 is 2.57 bits per heavy atom. The Bertz CT molecular complexity index is 648. The summed E-state index contributed by atoms with van der Waals surface area (Å²) >= 11 is 1.42. The van der Waals surface area contributed by atoms with Gasteiger partial charge >= 0.3 is 10.3 Å². The van der Waals surface area contributed by atoms with Crippen molar-refractivity contribution in [3.8, 4) is 0 Å². The van der Waals surface area contributed by atoms with Crippen molar-refractivity contribution in [2.45, 2.75) is 32.2 Å². The fourth-order valence-electron chi connectivity index (χ4n) is 2.59. The second-order valence-electron chi connectivity index (χ2n) is 5.11. The average molecular weight is 403 g/mol. The molecule has 0 saturated carbocycles. The molecule has 1 aromatic heterocycles. The molecule has 23 heavy (non-hydrogen) atoms. The molecule has 0 unspecified atom stereocenters. The molecule has 134 valence electrons. The second kappa shape index (κ2) is 8.17. The first-order chi connectivity index (χ1) is 9.76. The zero-order valence-electron chi connectivity index (χ0n) is 13.1. The van der Waals surface area contributed by atoms with Crippen LogP contribution in [0.3, 0.4) is 0 Å². The monoisotopic (exact) mass is 402 g/mol. The molecular formula is C12H22N2O5S4. The average Bonchev–Trinajstić information content (AvgIpc) is 2.83. The van der Waals surface area contributed by atoms with Crippen molar-refractivity contribution in [2.24, 2.45) is 5.92 Å². The number of nitrogens with zero attached hydrogens (tertiary/aromatic N) is 2. The van der Waals surface area contributed by atoms with E-state index in [0.717, 1.165) is 17.8 Å². The Kier molecular flexibility index (Phi) is 8.05. The van der Waals surface area contributed by atoms with E-state index < -0.39 is 27.7 Å². The maximum absolute atomic E-state index is 12.0. The normalized spacial score (nSPS) is 23.7. The van der Waals surface area contributed by atoms with Gasteiger partial charge in [-0.3, -0.25) is 9.35 Å². The summed E-state index contributed by atoms with van der Waals surface area (Å²) in [5, 5.41) is 2.61. The Hall–Kier alpha value is -0.330. The number of methoxy groups -OCH3 is 1. The number of aryl methyl sites for hydroxylation is 1. The van der Waals surface area contributed by atoms with Gasteiger partial charge in [-0.1, -0.05) is 6.92 Å². The summed E-state index contributed by atoms with van der Waals surface area (Å²) in [7, 11) is -3.19. The fourth-order valence-corrected chi connectivity index (χ4v) is 4.66. The van der Waals surface area contributed by atoms with Gasteiger partial charge < -0.3 is 4.74 Å². The summed E-state index contributed by atoms with van der Waals surface area (Å²) in [6.07, 6.45) is 1.71. The molecule has 0 aliphatic carbocycles. The lowest BCUT2D eigenvalue weighted by atomic mass is 9.75. The first-order valence-electron chi connectivity index (χ1n) is 6.52. The number of ether oxygens (including phenoxy) is 1. The number of amides is 1. The van der Waals surface area contributed by atoms with E-state index in [1.54, 1.807) is 12.3 Å². The third-order valence-corrected chi connectivity index (χ3v) is 5.63. The quantitative estimate of drug-likeness (QED) is 0.571. The highest BCUT2D eigenvalue weighted by Gasteiger charge is 2.64. The van der Waals surface area contributed by atoms with Crippen LogP contribution in [0.1, 0.15) is 31.0 Å². The number of carbonyl (C=O) groups excluding carboxylic acids is 1. The molecule has 1 aromatic rings. The predicted molar refractivity (Wildman–Crippen MR) is 98.0 cm³/mol. The van der Waals surface area contributed by atoms with Crippen LogP contribution in [-0.4, -0.2) is 41.9 Å². The minimum absolute atomic E-state index is 0. The van der Waals surface area contributed by atoms with E-state index in [1.165, 1.54) is 18.4 Å². The number of hydrogen-bond donors (Lipinski definition) is 1. The van der Waals surface area contributed by atoms with Crippen LogP contribution in [0.25, 0.3) is 0 Å². The second-order valence-corrected chi connectivity index (χ2v) is 7.32. The van der Waals surface area contributed by atoms with Crippen molar-refractivity contribution in [3.05, 3.63) is 16.1 Å². The van der Waals surface area contributed by atoms with Crippen LogP contribution in [0.15, 0.2) is 5.38 Å². The van der Waals surface area contributed by atoms with Gasteiger partial charge in [0.2, 0.25) is 5.91 Å². The Morgan fingerprint density at radius 1 is 1.48 bits per heavy atom. The van der Waals surface area contributed by atoms with E-state index >= 15 is 0 Å². The zero-order valence-corrected chi connectivity index (χ0v) is 16.7. The molecule has 1 amide bonds. The van der Waals surface area contributed by atoms with Crippen LogP contribution in [-0.2, 0) is 31.8 Å². The first-order valence-corrected chi connectivity index (χ1v) is 8.80. The Labute approximate surface area is 154 Å². The SMILES string of the molecule is CCCc1nc([C@]2(C)[C@H](COC)C(=O)N2S(=O)(=O)O)cs1.S.S. The number of carbonyl (C=O) groups is 1. The number of thiazole rings is 1. The maximum Gasteiger partial charge on any atom is 0.363 e. The lowest BCUT2D eigenvalue weighted by molar-refractivity contribution is -0.162. The van der Waals surface area contributed by atoms with E-state index in [4.69, 9.17) is 4.74 Å². The van der Waals surface area contributed by atoms with Crippen LogP contribution in [0.5, 0.6) is 0 Å². The van der Waals surface area contributed by atoms with E-state index in [1.807, 2.05) is 6.92 Å². The highest BCUT2D eigenvalue weighted by atomic mass is 32.2. The van der Waals surface area contributed by atoms with Crippen molar-refractivity contribution < 1.29 is 22.5 Å². The number of aromatic nitrogens is 1. The molecule has 1 N–H and O–H groups in total. The molecule has 1 aliphatic heterocycles. The van der Waals surface area contributed by atoms with Crippen molar-refractivity contribution in [3.63, 3.8) is 0 Å². The summed E-state index contributed by atoms with van der Waals surface area (Å²) in [5.41, 5.74) is -0.737. The molecule has 0 spiro atoms. The summed E-state index contributed by atoms with van der Waals surface area (Å²) < 4.78 is 37.8. The van der Waals surface area contributed by atoms with Crippen LogP contribution in [0.2, 0.25) is 0 Å². The molecule has 0 aromatic carbocycles. The van der Waals surface area contributed by atoms with Gasteiger partial charge in [-0.2, -0.15) is 35.4 Å². The summed E-state index contributed by atoms with van der Waals surface area (Å²) in [6, 6.07) is 0. The smallest absolute Gasteiger partial charge is 0.363 e. The fraction of sp³-hybridized carbons (Fsp3) is 0.667. The lowest BCUT2D eigenvalue weighted by Gasteiger charge is -2.51. The summed E-state index contributed by atoms with van der Waals surface area (Å²) in [4.78, 5) is 16.4. The summed E-state index contributed by atoms with van der Waals surface area (Å²) in [6.45, 7) is 3.67. The van der Waals surface area contributed by atoms with Crippen LogP contribution in [0.4, 0.5) is 0 Å². The van der Waals surface area contributed by atoms with Gasteiger partial charge in [0.15, 0.2) is 0 Å². The van der Waals surface area contributed by atoms with Crippen molar-refractivity contribution in [2.75, 3.05) is 13.7 Å². The topological polar surface area (TPSA) is 96.8 Å². The maximum atomic E-state index is 12.0. The molecule has 1 fully saturated rings. The largest absolute Gasteiger partial charge is 0.384 e. The van der Waals surface area contributed by atoms with Gasteiger partial charge in [-0.25, -0.2) is 9.29 Å². The number of β-lactam (4-membered cyclic amide) rings is 1. The first kappa shape index (κ1) is 22.7. The Balaban J connectivity index is 0.00000242. The minimum Gasteiger partial charge on any atom is -0.384 e.